The average molecular weight is 1860 g/mol. The van der Waals surface area contributed by atoms with E-state index >= 15 is 0 Å². The van der Waals surface area contributed by atoms with Crippen LogP contribution in [0.3, 0.4) is 0 Å². The van der Waals surface area contributed by atoms with Crippen molar-refractivity contribution >= 4 is 86.4 Å². The molecule has 0 aromatic heterocycles. The van der Waals surface area contributed by atoms with E-state index in [9.17, 15) is 4.79 Å². The predicted octanol–water partition coefficient (Wildman–Crippen LogP) is 24.5. The fourth-order valence-corrected chi connectivity index (χ4v) is 22.8. The van der Waals surface area contributed by atoms with Crippen LogP contribution in [-0.2, 0) is 10.8 Å². The maximum Gasteiger partial charge on any atom is 1.00 e. The van der Waals surface area contributed by atoms with Crippen LogP contribution in [0.15, 0.2) is 494 Å². The molecule has 0 fully saturated rings. The number of carbonyl (C=O) groups excluding carboxylic acids is 1. The van der Waals surface area contributed by atoms with Gasteiger partial charge in [0.15, 0.2) is 5.78 Å². The van der Waals surface area contributed by atoms with Crippen LogP contribution < -0.4 is 61.5 Å². The van der Waals surface area contributed by atoms with Crippen molar-refractivity contribution in [2.75, 3.05) is 19.0 Å². The summed E-state index contributed by atoms with van der Waals surface area (Å²) in [6.45, 7) is 0. The number of hydrogen-bond donors (Lipinski definition) is 0. The molecule has 0 heterocycles. The summed E-state index contributed by atoms with van der Waals surface area (Å²) in [5.74, 6) is 0.149. The minimum atomic E-state index is -0.250. The van der Waals surface area contributed by atoms with Crippen molar-refractivity contribution in [3.8, 4) is 111 Å². The van der Waals surface area contributed by atoms with Crippen molar-refractivity contribution < 1.29 is 72.3 Å². The summed E-state index contributed by atoms with van der Waals surface area (Å²) in [6, 6.07) is 175. The van der Waals surface area contributed by atoms with Crippen molar-refractivity contribution in [3.05, 3.63) is 556 Å². The molecule has 5 aliphatic rings. The Bertz CT molecular complexity index is 7880. The van der Waals surface area contributed by atoms with E-state index in [0.29, 0.717) is 0 Å². The molecule has 2 spiro atoms. The molecular weight excluding hydrogens is 1770 g/mol. The normalized spacial score (nSPS) is 12.1. The Kier molecular flexibility index (Phi) is 28.0. The van der Waals surface area contributed by atoms with Gasteiger partial charge in [0.05, 0.1) is 10.8 Å². The molecular formula is C127H88Br2Li3NO3-2. The number of benzene rings is 20. The molecule has 136 heavy (non-hydrogen) atoms. The molecule has 0 radical (unpaired) electrons. The van der Waals surface area contributed by atoms with Crippen LogP contribution in [0.1, 0.15) is 60.4 Å². The molecule has 638 valence electrons. The molecule has 0 saturated carbocycles. The molecule has 0 bridgehead atoms. The summed E-state index contributed by atoms with van der Waals surface area (Å²) in [6.07, 6.45) is 0. The fourth-order valence-electron chi connectivity index (χ4n) is 21.6. The molecule has 22 aromatic rings. The fraction of sp³-hybridized carbons (Fsp3) is 0.0315. The number of rotatable bonds is 6. The van der Waals surface area contributed by atoms with Crippen LogP contribution in [0.2, 0.25) is 0 Å². The Morgan fingerprint density at radius 3 is 0.949 bits per heavy atom. The second kappa shape index (κ2) is 40.4. The molecule has 2 N–H and O–H groups in total. The number of ketones is 1. The maximum absolute atomic E-state index is 11.9. The molecule has 0 atom stereocenters. The summed E-state index contributed by atoms with van der Waals surface area (Å²) in [5, 5.41) is 10.5. The topological polar surface area (TPSA) is 80.3 Å². The first-order chi connectivity index (χ1) is 64.7. The van der Waals surface area contributed by atoms with Crippen LogP contribution in [0, 0.1) is 6.07 Å². The monoisotopic (exact) mass is 1850 g/mol. The van der Waals surface area contributed by atoms with Gasteiger partial charge in [0.25, 0.3) is 0 Å². The van der Waals surface area contributed by atoms with Crippen LogP contribution in [0.25, 0.3) is 154 Å². The Morgan fingerprint density at radius 1 is 0.243 bits per heavy atom. The Balaban J connectivity index is 0.000000115. The molecule has 0 unspecified atom stereocenters. The minimum absolute atomic E-state index is 0. The minimum Gasteiger partial charge on any atom is -0.870 e. The Labute approximate surface area is 847 Å². The van der Waals surface area contributed by atoms with Gasteiger partial charge >= 0.3 is 56.6 Å². The predicted molar refractivity (Wildman–Crippen MR) is 561 cm³/mol. The first-order valence-corrected chi connectivity index (χ1v) is 46.3. The Morgan fingerprint density at radius 2 is 0.529 bits per heavy atom. The number of nitrogens with zero attached hydrogens (tertiary/aromatic N) is 1. The Hall–Kier alpha value is -13.7. The van der Waals surface area contributed by atoms with Gasteiger partial charge in [-0.2, -0.15) is 0 Å². The van der Waals surface area contributed by atoms with Crippen molar-refractivity contribution in [3.63, 3.8) is 0 Å². The second-order valence-electron chi connectivity index (χ2n) is 34.0. The number of halogens is 2. The molecule has 0 saturated heterocycles. The van der Waals surface area contributed by atoms with E-state index in [1.807, 2.05) is 84.9 Å². The van der Waals surface area contributed by atoms with Crippen LogP contribution in [0.5, 0.6) is 0 Å². The standard InChI is InChI=1S/C27H21N.C25H15Br.C25H16Br.C25H17.C13H8O.C12H9.3Li.2H2O/c1-28(2)25-17-9-13-21-20-12-5-8-16-24(20)27(26(21)25)22-14-6-3-10-18(22)19-11-4-7-15-23(19)27;26-23-15-7-11-19-18-10-3-6-14-22(18)25(24(19)23)20-12-4-1-8-16(20)17-9-2-5-13-21(17)25;26-23-16-8-15-22-19-12-5-7-14-21(19)24(25(22)23)20-13-6-4-11-18(20)17-9-2-1-3-10-17;1-2-10-18(11-3-1)19-12-4-7-15-22(19)25-23-16-8-5-13-20(23)21-14-6-9-17-24(21)25;14-13-11-7-3-1-5-9(11)10-6-2-4-8-12(10)13;1-3-7-11(8-4-1)12-9-5-2-6-10-12;;;;;/h3-17H,1-2H3;1-15H;1-16H;1-17H;1-8H;1-9H;;;;2*1H2/q;;2*-1;;-1;3*+1;;/p-2. The van der Waals surface area contributed by atoms with E-state index < -0.39 is 0 Å². The van der Waals surface area contributed by atoms with Crippen molar-refractivity contribution in [2.24, 2.45) is 0 Å². The summed E-state index contributed by atoms with van der Waals surface area (Å²) < 4.78 is 2.32. The van der Waals surface area contributed by atoms with E-state index in [0.717, 1.165) is 32.3 Å². The van der Waals surface area contributed by atoms with Gasteiger partial charge in [-0.15, -0.1) is 35.9 Å². The maximum atomic E-state index is 11.9. The van der Waals surface area contributed by atoms with Gasteiger partial charge in [-0.05, 0) is 122 Å². The molecule has 9 heteroatoms. The van der Waals surface area contributed by atoms with Gasteiger partial charge in [-0.1, -0.05) is 563 Å². The summed E-state index contributed by atoms with van der Waals surface area (Å²) in [4.78, 5) is 14.1. The summed E-state index contributed by atoms with van der Waals surface area (Å²) >= 11 is 7.70. The van der Waals surface area contributed by atoms with Gasteiger partial charge in [0, 0.05) is 40.9 Å². The van der Waals surface area contributed by atoms with Gasteiger partial charge < -0.3 is 15.9 Å². The average Bonchev–Trinajstić information content (AvgIpc) is 1.51. The largest absolute Gasteiger partial charge is 1.00 e. The number of hydrogen-bond acceptors (Lipinski definition) is 4. The van der Waals surface area contributed by atoms with Crippen molar-refractivity contribution in [1.82, 2.24) is 0 Å². The number of carbonyl (C=O) groups is 1. The number of anilines is 1. The molecule has 0 aliphatic heterocycles. The van der Waals surface area contributed by atoms with E-state index in [1.54, 1.807) is 0 Å². The van der Waals surface area contributed by atoms with E-state index in [4.69, 9.17) is 0 Å². The molecule has 4 nitrogen and oxygen atoms in total. The number of fused-ring (bicyclic) bond motifs is 29. The van der Waals surface area contributed by atoms with Crippen molar-refractivity contribution in [1.29, 1.82) is 0 Å². The van der Waals surface area contributed by atoms with Crippen LogP contribution in [0.4, 0.5) is 5.69 Å². The zero-order valence-corrected chi connectivity index (χ0v) is 79.4. The molecule has 22 aromatic carbocycles. The zero-order chi connectivity index (χ0) is 88.1. The smallest absolute Gasteiger partial charge is 0.870 e. The molecule has 27 rings (SSSR count). The second-order valence-corrected chi connectivity index (χ2v) is 35.7. The van der Waals surface area contributed by atoms with E-state index in [2.05, 4.69) is 457 Å². The SMILES string of the molecule is Brc1cccc2c1C1(c3ccccc3-c3ccccc31)c1ccccc1-2.Brc1cccc2c3ccccc3[c-](-c3ccccc3-c3ccccc3)c12.CN(C)c1cccc2c1C1(c3ccccc3-c3ccccc31)c1ccccc1-2.O=C1c2ccccc2-c2ccccc21.[Li+].[Li+].[Li+].[OH-].[OH-].[c-]1ccccc1-c1ccccc1.c1ccc(-c2ccccc2-[c-]2c3ccccc3c3ccccc32)cc1. The zero-order valence-electron chi connectivity index (χ0n) is 76.2. The third-order valence-electron chi connectivity index (χ3n) is 26.9. The van der Waals surface area contributed by atoms with Crippen molar-refractivity contribution in [2.45, 2.75) is 10.8 Å². The third kappa shape index (κ3) is 16.0. The van der Waals surface area contributed by atoms with E-state index in [-0.39, 0.29) is 84.1 Å². The van der Waals surface area contributed by atoms with Crippen LogP contribution in [-0.4, -0.2) is 30.8 Å². The van der Waals surface area contributed by atoms with E-state index in [1.165, 1.54) is 192 Å². The van der Waals surface area contributed by atoms with Gasteiger partial charge in [-0.25, -0.2) is 0 Å². The molecule has 5 aliphatic carbocycles. The third-order valence-corrected chi connectivity index (χ3v) is 28.2. The summed E-state index contributed by atoms with van der Waals surface area (Å²) in [7, 11) is 4.30. The first kappa shape index (κ1) is 94.1. The molecule has 0 amide bonds. The van der Waals surface area contributed by atoms with Gasteiger partial charge in [0.1, 0.15) is 0 Å². The summed E-state index contributed by atoms with van der Waals surface area (Å²) in [5.41, 5.74) is 39.2. The van der Waals surface area contributed by atoms with Crippen LogP contribution >= 0.6 is 31.9 Å². The van der Waals surface area contributed by atoms with Gasteiger partial charge in [0.2, 0.25) is 0 Å². The first-order valence-electron chi connectivity index (χ1n) is 44.7. The quantitative estimate of drug-likeness (QED) is 0.123. The van der Waals surface area contributed by atoms with Gasteiger partial charge in [-0.3, -0.25) is 4.79 Å².